The van der Waals surface area contributed by atoms with Gasteiger partial charge in [-0.1, -0.05) is 15.9 Å². The summed E-state index contributed by atoms with van der Waals surface area (Å²) in [7, 11) is 0. The number of carbonyl (C=O) groups is 1. The van der Waals surface area contributed by atoms with Gasteiger partial charge in [-0.25, -0.2) is 4.79 Å². The van der Waals surface area contributed by atoms with Crippen LogP contribution in [0.3, 0.4) is 0 Å². The van der Waals surface area contributed by atoms with Gasteiger partial charge < -0.3 is 15.2 Å². The van der Waals surface area contributed by atoms with Gasteiger partial charge in [0, 0.05) is 4.47 Å². The van der Waals surface area contributed by atoms with Gasteiger partial charge in [0.15, 0.2) is 0 Å². The van der Waals surface area contributed by atoms with Gasteiger partial charge in [-0.2, -0.15) is 39.5 Å². The van der Waals surface area contributed by atoms with Crippen LogP contribution in [0.25, 0.3) is 0 Å². The molecule has 1 saturated heterocycles. The zero-order valence-electron chi connectivity index (χ0n) is 17.9. The highest BCUT2D eigenvalue weighted by atomic mass is 79.9. The molecule has 0 unspecified atom stereocenters. The van der Waals surface area contributed by atoms with E-state index in [2.05, 4.69) is 21.2 Å². The molecule has 1 amide bonds. The summed E-state index contributed by atoms with van der Waals surface area (Å²) in [5.74, 6) is 0. The third kappa shape index (κ3) is 7.05. The summed E-state index contributed by atoms with van der Waals surface area (Å²) in [4.78, 5) is 11.2. The van der Waals surface area contributed by atoms with E-state index in [1.165, 1.54) is 0 Å². The number of carboxylic acid groups (broad SMARTS) is 1. The largest absolute Gasteiger partial charge is 0.465 e. The Labute approximate surface area is 206 Å². The Hall–Kier alpha value is -2.48. The van der Waals surface area contributed by atoms with Crippen molar-refractivity contribution in [3.05, 3.63) is 68.7 Å². The summed E-state index contributed by atoms with van der Waals surface area (Å²) < 4.78 is 123. The number of benzene rings is 2. The van der Waals surface area contributed by atoms with Crippen LogP contribution >= 0.6 is 15.9 Å². The molecule has 4 nitrogen and oxygen atoms in total. The van der Waals surface area contributed by atoms with Crippen molar-refractivity contribution in [1.82, 2.24) is 5.32 Å². The molecule has 2 N–H and O–H groups in total. The lowest BCUT2D eigenvalue weighted by atomic mass is 9.96. The fraction of sp³-hybridized carbons (Fsp3) is 0.409. The minimum Gasteiger partial charge on any atom is -0.465 e. The third-order valence-corrected chi connectivity index (χ3v) is 6.22. The fourth-order valence-electron chi connectivity index (χ4n) is 3.76. The maximum atomic E-state index is 13.1. The van der Waals surface area contributed by atoms with Gasteiger partial charge >= 0.3 is 24.6 Å². The lowest BCUT2D eigenvalue weighted by Gasteiger charge is -2.20. The van der Waals surface area contributed by atoms with Gasteiger partial charge in [0.2, 0.25) is 0 Å². The molecule has 14 heteroatoms. The molecule has 0 spiro atoms. The van der Waals surface area contributed by atoms with Crippen molar-refractivity contribution in [3.63, 3.8) is 0 Å². The molecule has 1 fully saturated rings. The van der Waals surface area contributed by atoms with Crippen LogP contribution in [-0.4, -0.2) is 17.3 Å². The van der Waals surface area contributed by atoms with Crippen molar-refractivity contribution < 1.29 is 54.2 Å². The van der Waals surface area contributed by atoms with Gasteiger partial charge in [-0.3, -0.25) is 0 Å². The highest BCUT2D eigenvalue weighted by Crippen LogP contribution is 2.46. The summed E-state index contributed by atoms with van der Waals surface area (Å²) in [5, 5.41) is 11.2. The average Bonchev–Trinajstić information content (AvgIpc) is 3.50. The Balaban J connectivity index is 1.72. The maximum Gasteiger partial charge on any atom is 0.416 e. The van der Waals surface area contributed by atoms with Crippen LogP contribution in [-0.2, 0) is 23.3 Å². The van der Waals surface area contributed by atoms with Gasteiger partial charge in [-0.15, -0.1) is 0 Å². The number of nitrogens with one attached hydrogen (secondary N) is 1. The Morgan fingerprint density at radius 2 is 1.47 bits per heavy atom. The molecule has 1 aliphatic heterocycles. The number of hydrogen-bond donors (Lipinski definition) is 2. The van der Waals surface area contributed by atoms with Crippen molar-refractivity contribution in [2.75, 3.05) is 0 Å². The molecule has 1 heterocycles. The topological polar surface area (TPSA) is 61.9 Å². The molecular formula is C22H17BrF9NO3. The second-order valence-corrected chi connectivity index (χ2v) is 8.96. The van der Waals surface area contributed by atoms with Crippen LogP contribution in [0.15, 0.2) is 40.9 Å². The van der Waals surface area contributed by atoms with E-state index in [0.717, 1.165) is 18.2 Å². The van der Waals surface area contributed by atoms with Crippen LogP contribution < -0.4 is 5.32 Å². The van der Waals surface area contributed by atoms with Crippen molar-refractivity contribution >= 4 is 22.0 Å². The fourth-order valence-corrected chi connectivity index (χ4v) is 4.29. The van der Waals surface area contributed by atoms with E-state index in [1.54, 1.807) is 0 Å². The normalized spacial score (nSPS) is 19.2. The van der Waals surface area contributed by atoms with E-state index in [1.807, 2.05) is 0 Å². The predicted molar refractivity (Wildman–Crippen MR) is 111 cm³/mol. The van der Waals surface area contributed by atoms with Crippen molar-refractivity contribution in [1.29, 1.82) is 0 Å². The first-order valence-corrected chi connectivity index (χ1v) is 11.1. The van der Waals surface area contributed by atoms with Gasteiger partial charge in [0.1, 0.15) is 6.10 Å². The molecule has 0 aliphatic carbocycles. The van der Waals surface area contributed by atoms with Crippen LogP contribution in [0, 0.1) is 0 Å². The molecule has 2 aromatic rings. The summed E-state index contributed by atoms with van der Waals surface area (Å²) in [6, 6.07) is 2.84. The summed E-state index contributed by atoms with van der Waals surface area (Å²) in [6.45, 7) is 0. The number of ether oxygens (including phenoxy) is 1. The quantitative estimate of drug-likeness (QED) is 0.252. The molecule has 3 rings (SSSR count). The minimum atomic E-state index is -5.01. The summed E-state index contributed by atoms with van der Waals surface area (Å²) in [6.07, 6.45) is -17.7. The second-order valence-electron chi connectivity index (χ2n) is 8.10. The zero-order valence-corrected chi connectivity index (χ0v) is 19.4. The Kier molecular flexibility index (Phi) is 7.89. The summed E-state index contributed by atoms with van der Waals surface area (Å²) in [5.41, 5.74) is -4.21. The minimum absolute atomic E-state index is 0.00478. The molecule has 1 aliphatic rings. The van der Waals surface area contributed by atoms with Crippen LogP contribution in [0.1, 0.15) is 59.2 Å². The SMILES string of the molecule is O=C(O)N[C@@H](CCC[C@@H]1O[C@H]1c1cc(C(F)(F)F)cc(C(F)(F)F)c1)c1cc(C(F)(F)F)ccc1Br. The van der Waals surface area contributed by atoms with E-state index in [0.29, 0.717) is 12.1 Å². The zero-order chi connectivity index (χ0) is 27.1. The predicted octanol–water partition coefficient (Wildman–Crippen LogP) is 8.12. The first-order chi connectivity index (χ1) is 16.5. The summed E-state index contributed by atoms with van der Waals surface area (Å²) >= 11 is 3.10. The highest BCUT2D eigenvalue weighted by molar-refractivity contribution is 9.10. The first kappa shape index (κ1) is 28.1. The third-order valence-electron chi connectivity index (χ3n) is 5.50. The molecule has 2 aromatic carbocycles. The molecule has 36 heavy (non-hydrogen) atoms. The standard InChI is InChI=1S/C22H17BrF9NO3/c23-15-5-4-11(20(24,25)26)9-14(15)16(33-19(34)35)2-1-3-17-18(36-17)10-6-12(21(27,28)29)8-13(7-10)22(30,31)32/h4-9,16-18,33H,1-3H2,(H,34,35)/t16-,17-,18-/m0/s1. The Morgan fingerprint density at radius 1 is 0.917 bits per heavy atom. The molecule has 0 radical (unpaired) electrons. The second kappa shape index (κ2) is 10.1. The number of halogens is 10. The van der Waals surface area contributed by atoms with Gasteiger partial charge in [0.25, 0.3) is 0 Å². The Bertz CT molecular complexity index is 1080. The Morgan fingerprint density at radius 3 is 1.97 bits per heavy atom. The number of amides is 1. The molecule has 0 bridgehead atoms. The first-order valence-electron chi connectivity index (χ1n) is 10.3. The van der Waals surface area contributed by atoms with E-state index >= 15 is 0 Å². The number of rotatable bonds is 7. The van der Waals surface area contributed by atoms with Crippen LogP contribution in [0.2, 0.25) is 0 Å². The van der Waals surface area contributed by atoms with Crippen molar-refractivity contribution in [2.45, 2.75) is 56.0 Å². The van der Waals surface area contributed by atoms with Gasteiger partial charge in [-0.05, 0) is 66.8 Å². The lowest BCUT2D eigenvalue weighted by Crippen LogP contribution is -2.27. The molecule has 0 saturated carbocycles. The molecular weight excluding hydrogens is 577 g/mol. The molecule has 198 valence electrons. The van der Waals surface area contributed by atoms with Crippen LogP contribution in [0.5, 0.6) is 0 Å². The smallest absolute Gasteiger partial charge is 0.416 e. The van der Waals surface area contributed by atoms with Crippen molar-refractivity contribution in [3.8, 4) is 0 Å². The number of hydrogen-bond acceptors (Lipinski definition) is 2. The monoisotopic (exact) mass is 593 g/mol. The lowest BCUT2D eigenvalue weighted by molar-refractivity contribution is -0.143. The average molecular weight is 594 g/mol. The molecule has 0 aromatic heterocycles. The number of alkyl halides is 9. The van der Waals surface area contributed by atoms with E-state index in [9.17, 15) is 44.3 Å². The highest BCUT2D eigenvalue weighted by Gasteiger charge is 2.43. The van der Waals surface area contributed by atoms with Crippen molar-refractivity contribution in [2.24, 2.45) is 0 Å². The van der Waals surface area contributed by atoms with Crippen LogP contribution in [0.4, 0.5) is 44.3 Å². The molecule has 3 atom stereocenters. The maximum absolute atomic E-state index is 13.1. The van der Waals surface area contributed by atoms with E-state index < -0.39 is 59.6 Å². The van der Waals surface area contributed by atoms with Gasteiger partial charge in [0.05, 0.1) is 28.8 Å². The van der Waals surface area contributed by atoms with E-state index in [4.69, 9.17) is 9.84 Å². The van der Waals surface area contributed by atoms with E-state index in [-0.39, 0.29) is 40.9 Å². The number of epoxide rings is 1.